The van der Waals surface area contributed by atoms with Crippen LogP contribution in [0.15, 0.2) is 0 Å². The van der Waals surface area contributed by atoms with E-state index in [9.17, 15) is 4.79 Å². The number of nitrogens with zero attached hydrogens (tertiary/aromatic N) is 2. The molecule has 1 N–H and O–H groups in total. The highest BCUT2D eigenvalue weighted by Gasteiger charge is 2.33. The van der Waals surface area contributed by atoms with Gasteiger partial charge in [0.25, 0.3) is 0 Å². The van der Waals surface area contributed by atoms with Gasteiger partial charge in [0, 0.05) is 25.2 Å². The topological polar surface area (TPSA) is 35.6 Å². The van der Waals surface area contributed by atoms with Crippen LogP contribution in [0.1, 0.15) is 40.0 Å². The molecule has 18 heavy (non-hydrogen) atoms. The fourth-order valence-corrected chi connectivity index (χ4v) is 3.09. The van der Waals surface area contributed by atoms with Gasteiger partial charge >= 0.3 is 0 Å². The predicted octanol–water partition coefficient (Wildman–Crippen LogP) is 1.07. The lowest BCUT2D eigenvalue weighted by Crippen LogP contribution is -2.45. The number of hydrogen-bond donors (Lipinski definition) is 1. The van der Waals surface area contributed by atoms with Crippen LogP contribution in [0, 0.1) is 0 Å². The Bertz CT molecular complexity index is 287. The van der Waals surface area contributed by atoms with Crippen molar-refractivity contribution in [1.82, 2.24) is 15.1 Å². The molecule has 4 nitrogen and oxygen atoms in total. The molecule has 4 heteroatoms. The maximum absolute atomic E-state index is 12.2. The highest BCUT2D eigenvalue weighted by Crippen LogP contribution is 2.16. The number of likely N-dealkylation sites (tertiary alicyclic amines) is 2. The highest BCUT2D eigenvalue weighted by molar-refractivity contribution is 5.84. The maximum Gasteiger partial charge on any atom is 0.239 e. The lowest BCUT2D eigenvalue weighted by molar-refractivity contribution is -0.130. The van der Waals surface area contributed by atoms with E-state index in [1.54, 1.807) is 0 Å². The first-order valence-electron chi connectivity index (χ1n) is 7.37. The van der Waals surface area contributed by atoms with E-state index in [1.807, 2.05) is 4.90 Å². The Balaban J connectivity index is 1.81. The Kier molecular flexibility index (Phi) is 4.62. The molecule has 104 valence electrons. The zero-order chi connectivity index (χ0) is 13.1. The van der Waals surface area contributed by atoms with Gasteiger partial charge in [0.2, 0.25) is 5.91 Å². The highest BCUT2D eigenvalue weighted by atomic mass is 16.2. The third-order valence-electron chi connectivity index (χ3n) is 4.08. The summed E-state index contributed by atoms with van der Waals surface area (Å²) in [7, 11) is 0. The molecule has 2 rings (SSSR count). The molecule has 2 unspecified atom stereocenters. The molecule has 0 aliphatic carbocycles. The lowest BCUT2D eigenvalue weighted by Gasteiger charge is -2.28. The third kappa shape index (κ3) is 3.23. The van der Waals surface area contributed by atoms with E-state index < -0.39 is 0 Å². The molecular weight excluding hydrogens is 226 g/mol. The van der Waals surface area contributed by atoms with Crippen molar-refractivity contribution in [1.29, 1.82) is 0 Å². The van der Waals surface area contributed by atoms with Gasteiger partial charge in [-0.3, -0.25) is 9.69 Å². The molecular formula is C14H27N3O. The van der Waals surface area contributed by atoms with Crippen molar-refractivity contribution >= 4 is 5.91 Å². The summed E-state index contributed by atoms with van der Waals surface area (Å²) in [4.78, 5) is 16.8. The first-order chi connectivity index (χ1) is 8.58. The zero-order valence-electron chi connectivity index (χ0n) is 12.0. The van der Waals surface area contributed by atoms with Crippen molar-refractivity contribution in [3.8, 4) is 0 Å². The van der Waals surface area contributed by atoms with Crippen LogP contribution < -0.4 is 5.32 Å². The smallest absolute Gasteiger partial charge is 0.239 e. The van der Waals surface area contributed by atoms with Gasteiger partial charge in [-0.15, -0.1) is 0 Å². The van der Waals surface area contributed by atoms with Crippen molar-refractivity contribution in [3.05, 3.63) is 0 Å². The molecule has 2 fully saturated rings. The van der Waals surface area contributed by atoms with E-state index in [0.29, 0.717) is 18.0 Å². The second-order valence-electron chi connectivity index (χ2n) is 6.04. The van der Waals surface area contributed by atoms with E-state index in [4.69, 9.17) is 0 Å². The Morgan fingerprint density at radius 2 is 1.89 bits per heavy atom. The molecule has 0 saturated carbocycles. The molecule has 2 saturated heterocycles. The van der Waals surface area contributed by atoms with Gasteiger partial charge < -0.3 is 10.2 Å². The predicted molar refractivity (Wildman–Crippen MR) is 73.5 cm³/mol. The molecule has 0 aromatic rings. The number of rotatable bonds is 5. The first kappa shape index (κ1) is 13.8. The monoisotopic (exact) mass is 253 g/mol. The Morgan fingerprint density at radius 3 is 2.50 bits per heavy atom. The number of carbonyl (C=O) groups is 1. The van der Waals surface area contributed by atoms with Gasteiger partial charge in [-0.25, -0.2) is 0 Å². The molecule has 2 heterocycles. The van der Waals surface area contributed by atoms with Gasteiger partial charge in [-0.2, -0.15) is 0 Å². The van der Waals surface area contributed by atoms with E-state index in [2.05, 4.69) is 31.0 Å². The molecule has 0 aromatic heterocycles. The molecule has 0 bridgehead atoms. The van der Waals surface area contributed by atoms with E-state index >= 15 is 0 Å². The SMILES string of the molecule is CC(C)NC1CCN(CC(C)N2CCCC2)C1=O. The zero-order valence-corrected chi connectivity index (χ0v) is 12.0. The van der Waals surface area contributed by atoms with Gasteiger partial charge in [0.1, 0.15) is 0 Å². The minimum absolute atomic E-state index is 0.0516. The molecule has 0 radical (unpaired) electrons. The standard InChI is InChI=1S/C14H27N3O/c1-11(2)15-13-6-9-17(14(13)18)10-12(3)16-7-4-5-8-16/h11-13,15H,4-10H2,1-3H3. The average Bonchev–Trinajstić information content (AvgIpc) is 2.93. The lowest BCUT2D eigenvalue weighted by atomic mass is 10.2. The van der Waals surface area contributed by atoms with Crippen LogP contribution in [0.25, 0.3) is 0 Å². The largest absolute Gasteiger partial charge is 0.340 e. The quantitative estimate of drug-likeness (QED) is 0.796. The van der Waals surface area contributed by atoms with E-state index in [1.165, 1.54) is 25.9 Å². The average molecular weight is 253 g/mol. The van der Waals surface area contributed by atoms with Crippen LogP contribution >= 0.6 is 0 Å². The Morgan fingerprint density at radius 1 is 1.22 bits per heavy atom. The van der Waals surface area contributed by atoms with Gasteiger partial charge in [-0.05, 0) is 39.3 Å². The molecule has 2 aliphatic heterocycles. The molecule has 2 aliphatic rings. The Labute approximate surface area is 111 Å². The minimum atomic E-state index is 0.0516. The maximum atomic E-state index is 12.2. The fraction of sp³-hybridized carbons (Fsp3) is 0.929. The third-order valence-corrected chi connectivity index (χ3v) is 4.08. The van der Waals surface area contributed by atoms with Crippen molar-refractivity contribution in [3.63, 3.8) is 0 Å². The van der Waals surface area contributed by atoms with Crippen molar-refractivity contribution in [2.45, 2.75) is 58.2 Å². The van der Waals surface area contributed by atoms with Gasteiger partial charge in [0.05, 0.1) is 6.04 Å². The molecule has 0 aromatic carbocycles. The fourth-order valence-electron chi connectivity index (χ4n) is 3.09. The van der Waals surface area contributed by atoms with Crippen LogP contribution in [-0.4, -0.2) is 60.0 Å². The summed E-state index contributed by atoms with van der Waals surface area (Å²) < 4.78 is 0. The normalized spacial score (nSPS) is 27.4. The van der Waals surface area contributed by atoms with Crippen LogP contribution in [0.3, 0.4) is 0 Å². The van der Waals surface area contributed by atoms with Crippen LogP contribution in [0.4, 0.5) is 0 Å². The van der Waals surface area contributed by atoms with Gasteiger partial charge in [0.15, 0.2) is 0 Å². The number of hydrogen-bond acceptors (Lipinski definition) is 3. The summed E-state index contributed by atoms with van der Waals surface area (Å²) in [6.07, 6.45) is 3.59. The number of amides is 1. The molecule has 1 amide bonds. The summed E-state index contributed by atoms with van der Waals surface area (Å²) in [5.74, 6) is 0.301. The van der Waals surface area contributed by atoms with Crippen molar-refractivity contribution < 1.29 is 4.79 Å². The number of nitrogens with one attached hydrogen (secondary N) is 1. The summed E-state index contributed by atoms with van der Waals surface area (Å²) in [5, 5.41) is 3.36. The molecule has 0 spiro atoms. The minimum Gasteiger partial charge on any atom is -0.340 e. The van der Waals surface area contributed by atoms with Crippen LogP contribution in [0.5, 0.6) is 0 Å². The second kappa shape index (κ2) is 6.02. The van der Waals surface area contributed by atoms with Crippen LogP contribution in [0.2, 0.25) is 0 Å². The van der Waals surface area contributed by atoms with Crippen molar-refractivity contribution in [2.75, 3.05) is 26.2 Å². The summed E-state index contributed by atoms with van der Waals surface area (Å²) in [6, 6.07) is 0.944. The van der Waals surface area contributed by atoms with E-state index in [0.717, 1.165) is 19.5 Å². The summed E-state index contributed by atoms with van der Waals surface area (Å²) in [6.45, 7) is 10.7. The van der Waals surface area contributed by atoms with Gasteiger partial charge in [-0.1, -0.05) is 13.8 Å². The van der Waals surface area contributed by atoms with E-state index in [-0.39, 0.29) is 6.04 Å². The molecule has 2 atom stereocenters. The first-order valence-corrected chi connectivity index (χ1v) is 7.37. The van der Waals surface area contributed by atoms with Crippen LogP contribution in [-0.2, 0) is 4.79 Å². The number of carbonyl (C=O) groups excluding carboxylic acids is 1. The Hall–Kier alpha value is -0.610. The van der Waals surface area contributed by atoms with Crippen molar-refractivity contribution in [2.24, 2.45) is 0 Å². The second-order valence-corrected chi connectivity index (χ2v) is 6.04. The summed E-state index contributed by atoms with van der Waals surface area (Å²) in [5.41, 5.74) is 0. The summed E-state index contributed by atoms with van der Waals surface area (Å²) >= 11 is 0.